The maximum absolute atomic E-state index is 15.7. The van der Waals surface area contributed by atoms with E-state index in [-0.39, 0.29) is 17.9 Å². The number of Topliss-reactive ketones (excluding diaryl/α,β-unsaturated/α-hetero) is 1. The van der Waals surface area contributed by atoms with Crippen LogP contribution >= 0.6 is 11.6 Å². The van der Waals surface area contributed by atoms with Crippen LogP contribution in [-0.2, 0) is 9.53 Å². The molecule has 0 aromatic heterocycles. The molecule has 0 N–H and O–H groups in total. The highest BCUT2D eigenvalue weighted by molar-refractivity contribution is 6.30. The molecule has 0 bridgehead atoms. The first kappa shape index (κ1) is 16.5. The fourth-order valence-corrected chi connectivity index (χ4v) is 2.78. The minimum atomic E-state index is -2.96. The van der Waals surface area contributed by atoms with Crippen molar-refractivity contribution in [3.63, 3.8) is 0 Å². The van der Waals surface area contributed by atoms with Gasteiger partial charge >= 0.3 is 11.6 Å². The van der Waals surface area contributed by atoms with Gasteiger partial charge in [0.15, 0.2) is 6.10 Å². The van der Waals surface area contributed by atoms with E-state index >= 15 is 4.39 Å². The van der Waals surface area contributed by atoms with Gasteiger partial charge in [-0.1, -0.05) is 35.9 Å². The summed E-state index contributed by atoms with van der Waals surface area (Å²) in [6, 6.07) is 12.3. The number of alkyl halides is 1. The highest BCUT2D eigenvalue weighted by Crippen LogP contribution is 2.44. The third-order valence-corrected chi connectivity index (χ3v) is 4.07. The molecule has 1 aliphatic rings. The van der Waals surface area contributed by atoms with Crippen molar-refractivity contribution in [1.29, 1.82) is 0 Å². The van der Waals surface area contributed by atoms with Crippen molar-refractivity contribution in [3.8, 4) is 5.75 Å². The minimum absolute atomic E-state index is 0.0123. The molecule has 4 nitrogen and oxygen atoms in total. The Morgan fingerprint density at radius 3 is 2.58 bits per heavy atom. The van der Waals surface area contributed by atoms with E-state index in [9.17, 15) is 9.59 Å². The van der Waals surface area contributed by atoms with Crippen molar-refractivity contribution in [1.82, 2.24) is 0 Å². The number of rotatable bonds is 3. The van der Waals surface area contributed by atoms with Gasteiger partial charge in [-0.2, -0.15) is 0 Å². The summed E-state index contributed by atoms with van der Waals surface area (Å²) in [5.41, 5.74) is -2.63. The second-order valence-electron chi connectivity index (χ2n) is 5.31. The summed E-state index contributed by atoms with van der Waals surface area (Å²) in [7, 11) is 0. The minimum Gasteiger partial charge on any atom is -0.480 e. The number of carbonyl (C=O) groups excluding carboxylic acids is 2. The molecule has 2 atom stereocenters. The lowest BCUT2D eigenvalue weighted by atomic mass is 9.83. The number of hydrogen-bond acceptors (Lipinski definition) is 4. The predicted octanol–water partition coefficient (Wildman–Crippen LogP) is 3.93. The molecule has 0 amide bonds. The molecule has 24 heavy (non-hydrogen) atoms. The summed E-state index contributed by atoms with van der Waals surface area (Å²) in [5, 5.41) is 0.446. The number of ether oxygens (including phenoxy) is 2. The fourth-order valence-electron chi connectivity index (χ4n) is 2.65. The van der Waals surface area contributed by atoms with Crippen LogP contribution in [0.3, 0.4) is 0 Å². The number of benzene rings is 2. The zero-order valence-electron chi connectivity index (χ0n) is 12.8. The highest BCUT2D eigenvalue weighted by Gasteiger charge is 2.60. The second kappa shape index (κ2) is 6.24. The molecule has 0 saturated heterocycles. The first-order valence-corrected chi connectivity index (χ1v) is 7.78. The molecule has 0 spiro atoms. The number of para-hydroxylation sites is 1. The van der Waals surface area contributed by atoms with Crippen molar-refractivity contribution < 1.29 is 23.5 Å². The number of ketones is 1. The van der Waals surface area contributed by atoms with E-state index in [0.717, 1.165) is 0 Å². The van der Waals surface area contributed by atoms with Gasteiger partial charge < -0.3 is 9.47 Å². The van der Waals surface area contributed by atoms with Crippen molar-refractivity contribution in [2.45, 2.75) is 18.7 Å². The Morgan fingerprint density at radius 1 is 1.25 bits per heavy atom. The van der Waals surface area contributed by atoms with Crippen LogP contribution in [0.2, 0.25) is 5.02 Å². The third kappa shape index (κ3) is 2.55. The second-order valence-corrected chi connectivity index (χ2v) is 5.74. The molecular weight excluding hydrogens is 335 g/mol. The van der Waals surface area contributed by atoms with Crippen molar-refractivity contribution >= 4 is 23.4 Å². The summed E-state index contributed by atoms with van der Waals surface area (Å²) in [4.78, 5) is 25.0. The van der Waals surface area contributed by atoms with Crippen LogP contribution in [0.25, 0.3) is 0 Å². The monoisotopic (exact) mass is 348 g/mol. The summed E-state index contributed by atoms with van der Waals surface area (Å²) >= 11 is 5.85. The van der Waals surface area contributed by atoms with Gasteiger partial charge in [-0.15, -0.1) is 0 Å². The van der Waals surface area contributed by atoms with Gasteiger partial charge in [-0.25, -0.2) is 9.18 Å². The van der Waals surface area contributed by atoms with Crippen LogP contribution in [0.1, 0.15) is 28.9 Å². The molecule has 1 aliphatic heterocycles. The molecule has 3 rings (SSSR count). The molecule has 6 heteroatoms. The van der Waals surface area contributed by atoms with Crippen LogP contribution in [-0.4, -0.2) is 24.0 Å². The van der Waals surface area contributed by atoms with Crippen LogP contribution in [0, 0.1) is 0 Å². The van der Waals surface area contributed by atoms with E-state index in [0.29, 0.717) is 10.6 Å². The molecular formula is C18H14ClFO4. The lowest BCUT2D eigenvalue weighted by Gasteiger charge is -2.35. The standard InChI is InChI=1S/C18H14ClFO4/c1-2-23-17(22)18(20)15(21)13-5-3-4-6-14(13)24-16(18)11-7-9-12(19)10-8-11/h3-10,16H,2H2,1H3/t16-,18+/m1/s1. The molecule has 0 aliphatic carbocycles. The lowest BCUT2D eigenvalue weighted by molar-refractivity contribution is -0.160. The number of esters is 1. The van der Waals surface area contributed by atoms with E-state index < -0.39 is 23.5 Å². The number of carbonyl (C=O) groups is 2. The number of fused-ring (bicyclic) bond motifs is 1. The van der Waals surface area contributed by atoms with E-state index in [2.05, 4.69) is 0 Å². The molecule has 2 aromatic carbocycles. The van der Waals surface area contributed by atoms with Crippen LogP contribution in [0.15, 0.2) is 48.5 Å². The van der Waals surface area contributed by atoms with E-state index in [1.807, 2.05) is 0 Å². The summed E-state index contributed by atoms with van der Waals surface area (Å²) in [6.07, 6.45) is -1.45. The third-order valence-electron chi connectivity index (χ3n) is 3.81. The molecule has 2 aromatic rings. The van der Waals surface area contributed by atoms with E-state index in [4.69, 9.17) is 21.1 Å². The Bertz CT molecular complexity index is 790. The Morgan fingerprint density at radius 2 is 1.92 bits per heavy atom. The van der Waals surface area contributed by atoms with Gasteiger partial charge in [0.25, 0.3) is 0 Å². The molecule has 0 unspecified atom stereocenters. The maximum atomic E-state index is 15.7. The van der Waals surface area contributed by atoms with Gasteiger partial charge in [-0.05, 0) is 36.8 Å². The fraction of sp³-hybridized carbons (Fsp3) is 0.222. The zero-order valence-corrected chi connectivity index (χ0v) is 13.5. The first-order chi connectivity index (χ1) is 11.5. The Balaban J connectivity index is 2.15. The normalized spacial score (nSPS) is 22.5. The summed E-state index contributed by atoms with van der Waals surface area (Å²) in [5.74, 6) is -2.01. The Hall–Kier alpha value is -2.40. The van der Waals surface area contributed by atoms with Crippen LogP contribution in [0.4, 0.5) is 4.39 Å². The Kier molecular flexibility index (Phi) is 4.28. The summed E-state index contributed by atoms with van der Waals surface area (Å²) < 4.78 is 26.2. The smallest absolute Gasteiger partial charge is 0.356 e. The molecule has 0 radical (unpaired) electrons. The van der Waals surface area contributed by atoms with Gasteiger partial charge in [0.1, 0.15) is 5.75 Å². The SMILES string of the molecule is CCOC(=O)[C@]1(F)C(=O)c2ccccc2O[C@@H]1c1ccc(Cl)cc1. The number of halogens is 2. The van der Waals surface area contributed by atoms with Crippen molar-refractivity contribution in [2.75, 3.05) is 6.61 Å². The Labute approximate surface area is 143 Å². The average molecular weight is 349 g/mol. The first-order valence-electron chi connectivity index (χ1n) is 7.40. The topological polar surface area (TPSA) is 52.6 Å². The van der Waals surface area contributed by atoms with Gasteiger partial charge in [0, 0.05) is 5.02 Å². The van der Waals surface area contributed by atoms with Gasteiger partial charge in [0.05, 0.1) is 12.2 Å². The summed E-state index contributed by atoms with van der Waals surface area (Å²) in [6.45, 7) is 1.49. The quantitative estimate of drug-likeness (QED) is 0.623. The van der Waals surface area contributed by atoms with Crippen molar-refractivity contribution in [3.05, 3.63) is 64.7 Å². The lowest BCUT2D eigenvalue weighted by Crippen LogP contribution is -2.53. The molecule has 0 fully saturated rings. The maximum Gasteiger partial charge on any atom is 0.356 e. The molecule has 1 heterocycles. The molecule has 0 saturated carbocycles. The zero-order chi connectivity index (χ0) is 17.3. The van der Waals surface area contributed by atoms with E-state index in [1.165, 1.54) is 30.3 Å². The number of hydrogen-bond donors (Lipinski definition) is 0. The largest absolute Gasteiger partial charge is 0.480 e. The van der Waals surface area contributed by atoms with Gasteiger partial charge in [0.2, 0.25) is 5.78 Å². The van der Waals surface area contributed by atoms with Crippen molar-refractivity contribution in [2.24, 2.45) is 0 Å². The predicted molar refractivity (Wildman–Crippen MR) is 86.1 cm³/mol. The van der Waals surface area contributed by atoms with Crippen LogP contribution in [0.5, 0.6) is 5.75 Å². The average Bonchev–Trinajstić information content (AvgIpc) is 2.59. The van der Waals surface area contributed by atoms with E-state index in [1.54, 1.807) is 25.1 Å². The molecule has 124 valence electrons. The van der Waals surface area contributed by atoms with Gasteiger partial charge in [-0.3, -0.25) is 4.79 Å². The van der Waals surface area contributed by atoms with Crippen LogP contribution < -0.4 is 4.74 Å². The highest BCUT2D eigenvalue weighted by atomic mass is 35.5.